The number of carbonyl (C=O) groups excluding carboxylic acids is 2. The summed E-state index contributed by atoms with van der Waals surface area (Å²) < 4.78 is 24.8. The van der Waals surface area contributed by atoms with Crippen molar-refractivity contribution in [2.75, 3.05) is 6.17 Å². The molecule has 0 atom stereocenters. The number of hydrogen-bond acceptors (Lipinski definition) is 4. The van der Waals surface area contributed by atoms with E-state index in [2.05, 4.69) is 27.7 Å². The average molecular weight is 305 g/mol. The zero-order valence-corrected chi connectivity index (χ0v) is 13.8. The van der Waals surface area contributed by atoms with Gasteiger partial charge in [0.05, 0.1) is 0 Å². The monoisotopic (exact) mass is 305 g/mol. The zero-order valence-electron chi connectivity index (χ0n) is 12.8. The van der Waals surface area contributed by atoms with Crippen LogP contribution in [0.2, 0.25) is 6.55 Å². The molecule has 0 radical (unpaired) electrons. The third-order valence-electron chi connectivity index (χ3n) is 4.66. The van der Waals surface area contributed by atoms with Gasteiger partial charge in [-0.05, 0) is 0 Å². The molecule has 2 aliphatic heterocycles. The van der Waals surface area contributed by atoms with Gasteiger partial charge >= 0.3 is 118 Å². The molecule has 0 amide bonds. The first-order valence-electron chi connectivity index (χ1n) is 7.08. The Balaban J connectivity index is 2.31. The third-order valence-corrected chi connectivity index (χ3v) is 7.18. The Labute approximate surface area is 119 Å². The minimum absolute atomic E-state index is 0.0581. The Kier molecular flexibility index (Phi) is 3.12. The molecular formula is C13H24FNO4Si. The van der Waals surface area contributed by atoms with Crippen molar-refractivity contribution in [1.82, 2.24) is 0 Å². The van der Waals surface area contributed by atoms with Gasteiger partial charge in [-0.25, -0.2) is 0 Å². The van der Waals surface area contributed by atoms with Gasteiger partial charge in [0.1, 0.15) is 0 Å². The first-order valence-corrected chi connectivity index (χ1v) is 9.98. The van der Waals surface area contributed by atoms with Gasteiger partial charge in [0.25, 0.3) is 0 Å². The van der Waals surface area contributed by atoms with Gasteiger partial charge < -0.3 is 0 Å². The van der Waals surface area contributed by atoms with Crippen molar-refractivity contribution in [3.05, 3.63) is 0 Å². The Bertz CT molecular complexity index is 439. The van der Waals surface area contributed by atoms with E-state index in [-0.39, 0.29) is 17.2 Å². The predicted molar refractivity (Wildman–Crippen MR) is 72.7 cm³/mol. The van der Waals surface area contributed by atoms with Crippen molar-refractivity contribution >= 4 is 20.1 Å². The van der Waals surface area contributed by atoms with Crippen molar-refractivity contribution in [1.29, 1.82) is 0 Å². The van der Waals surface area contributed by atoms with Crippen LogP contribution in [0.15, 0.2) is 0 Å². The normalized spacial score (nSPS) is 32.8. The van der Waals surface area contributed by atoms with E-state index in [0.29, 0.717) is 0 Å². The molecule has 2 heterocycles. The molecule has 0 aliphatic carbocycles. The fourth-order valence-electron chi connectivity index (χ4n) is 3.70. The van der Waals surface area contributed by atoms with Crippen molar-refractivity contribution < 1.29 is 27.4 Å². The van der Waals surface area contributed by atoms with Gasteiger partial charge in [-0.3, -0.25) is 0 Å². The Morgan fingerprint density at radius 2 is 1.50 bits per heavy atom. The van der Waals surface area contributed by atoms with Crippen LogP contribution in [0.3, 0.4) is 0 Å². The number of likely N-dealkylation sites (tertiary alicyclic amines) is 1. The quantitative estimate of drug-likeness (QED) is 0.464. The van der Waals surface area contributed by atoms with E-state index in [1.165, 1.54) is 6.55 Å². The van der Waals surface area contributed by atoms with Crippen LogP contribution in [0.5, 0.6) is 0 Å². The van der Waals surface area contributed by atoms with Crippen LogP contribution in [-0.4, -0.2) is 37.4 Å². The molecule has 0 aromatic heterocycles. The van der Waals surface area contributed by atoms with Crippen LogP contribution in [0.25, 0.3) is 0 Å². The third kappa shape index (κ3) is 2.61. The fourth-order valence-corrected chi connectivity index (χ4v) is 6.71. The van der Waals surface area contributed by atoms with E-state index in [4.69, 9.17) is 8.85 Å². The van der Waals surface area contributed by atoms with E-state index in [1.54, 1.807) is 0 Å². The predicted octanol–water partition coefficient (Wildman–Crippen LogP) is 0.744. The summed E-state index contributed by atoms with van der Waals surface area (Å²) in [5.74, 6) is -2.40. The zero-order chi connectivity index (χ0) is 15.4. The molecule has 2 saturated heterocycles. The first-order chi connectivity index (χ1) is 8.84. The molecule has 2 rings (SSSR count). The van der Waals surface area contributed by atoms with E-state index in [9.17, 15) is 9.59 Å². The number of carbonyl (C=O) groups is 2. The van der Waals surface area contributed by atoms with Gasteiger partial charge in [-0.2, -0.15) is 0 Å². The van der Waals surface area contributed by atoms with Crippen molar-refractivity contribution in [2.45, 2.75) is 64.6 Å². The number of rotatable bonds is 2. The number of nitrogens with one attached hydrogen (secondary N) is 1. The molecule has 0 aromatic carbocycles. The number of quaternary nitrogens is 1. The number of hydrogen-bond donors (Lipinski definition) is 1. The molecule has 0 bridgehead atoms. The van der Waals surface area contributed by atoms with E-state index >= 15 is 4.11 Å². The summed E-state index contributed by atoms with van der Waals surface area (Å²) in [5.41, 5.74) is -0.302. The van der Waals surface area contributed by atoms with Crippen LogP contribution in [0.4, 0.5) is 4.11 Å². The minimum atomic E-state index is -4.97. The van der Waals surface area contributed by atoms with Gasteiger partial charge in [0, 0.05) is 0 Å². The molecular weight excluding hydrogens is 281 g/mol. The van der Waals surface area contributed by atoms with E-state index < -0.39 is 20.1 Å². The molecule has 0 aromatic rings. The second-order valence-electron chi connectivity index (χ2n) is 7.67. The summed E-state index contributed by atoms with van der Waals surface area (Å²) in [4.78, 5) is 23.5. The molecule has 1 N–H and O–H groups in total. The maximum absolute atomic E-state index is 15.2. The molecule has 0 unspecified atom stereocenters. The molecule has 2 fully saturated rings. The summed E-state index contributed by atoms with van der Waals surface area (Å²) in [6.45, 7) is 9.48. The molecule has 5 nitrogen and oxygen atoms in total. The summed E-state index contributed by atoms with van der Waals surface area (Å²) in [7, 11) is -4.97. The van der Waals surface area contributed by atoms with Crippen molar-refractivity contribution in [2.24, 2.45) is 0 Å². The molecule has 20 heavy (non-hydrogen) atoms. The number of halogens is 1. The molecule has 0 saturated carbocycles. The fraction of sp³-hybridized carbons (Fsp3) is 0.846. The van der Waals surface area contributed by atoms with Gasteiger partial charge in [0.15, 0.2) is 0 Å². The second kappa shape index (κ2) is 4.04. The van der Waals surface area contributed by atoms with Gasteiger partial charge in [0.2, 0.25) is 0 Å². The second-order valence-corrected chi connectivity index (χ2v) is 11.6. The van der Waals surface area contributed by atoms with Crippen LogP contribution in [-0.2, 0) is 18.4 Å². The Morgan fingerprint density at radius 3 is 1.90 bits per heavy atom. The average Bonchev–Trinajstić information content (AvgIpc) is 2.43. The Hall–Kier alpha value is -0.953. The topological polar surface area (TPSA) is 57.0 Å². The number of piperidine rings is 1. The molecule has 2 aliphatic rings. The van der Waals surface area contributed by atoms with Crippen LogP contribution in [0.1, 0.15) is 47.0 Å². The van der Waals surface area contributed by atoms with Gasteiger partial charge in [-0.15, -0.1) is 0 Å². The van der Waals surface area contributed by atoms with Gasteiger partial charge in [-0.1, -0.05) is 0 Å². The standard InChI is InChI=1S/C13H23FNO4Si/c1-12(2)7-6-8-13(3,4)15(12)9-20(5,14)18-10(16)11(17)19-20/h6-9H2,1-5H3/q-1/p+1. The van der Waals surface area contributed by atoms with Crippen LogP contribution in [0, 0.1) is 0 Å². The molecule has 7 heteroatoms. The Morgan fingerprint density at radius 1 is 1.10 bits per heavy atom. The van der Waals surface area contributed by atoms with E-state index in [1.807, 2.05) is 0 Å². The maximum atomic E-state index is 15.2. The first kappa shape index (κ1) is 15.4. The van der Waals surface area contributed by atoms with Crippen molar-refractivity contribution in [3.8, 4) is 0 Å². The summed E-state index contributed by atoms with van der Waals surface area (Å²) >= 11 is 0. The summed E-state index contributed by atoms with van der Waals surface area (Å²) in [6.07, 6.45) is 2.95. The summed E-state index contributed by atoms with van der Waals surface area (Å²) in [6, 6.07) is 0. The molecule has 116 valence electrons. The van der Waals surface area contributed by atoms with E-state index in [0.717, 1.165) is 24.2 Å². The van der Waals surface area contributed by atoms with Crippen LogP contribution < -0.4 is 4.90 Å². The van der Waals surface area contributed by atoms with Crippen LogP contribution >= 0.6 is 0 Å². The SMILES string of the molecule is CC1(C)CCCC(C)(C)[NH+]1C[Si-]1(C)(F)OC(=O)C(=O)O1. The van der Waals surface area contributed by atoms with Crippen molar-refractivity contribution in [3.63, 3.8) is 0 Å². The summed E-state index contributed by atoms with van der Waals surface area (Å²) in [5, 5.41) is 0. The molecule has 0 spiro atoms.